The van der Waals surface area contributed by atoms with Crippen molar-refractivity contribution in [2.45, 2.75) is 18.4 Å². The summed E-state index contributed by atoms with van der Waals surface area (Å²) in [5, 5.41) is 24.2. The van der Waals surface area contributed by atoms with Crippen LogP contribution in [0, 0.1) is 10.1 Å². The van der Waals surface area contributed by atoms with Crippen LogP contribution in [0.2, 0.25) is 0 Å². The van der Waals surface area contributed by atoms with E-state index in [1.807, 2.05) is 0 Å². The van der Waals surface area contributed by atoms with Gasteiger partial charge in [-0.25, -0.2) is 0 Å². The van der Waals surface area contributed by atoms with Crippen LogP contribution in [0.5, 0.6) is 0 Å². The molecule has 0 aromatic heterocycles. The first-order valence-electron chi connectivity index (χ1n) is 5.98. The van der Waals surface area contributed by atoms with E-state index in [1.54, 1.807) is 12.1 Å². The summed E-state index contributed by atoms with van der Waals surface area (Å²) in [7, 11) is 0. The number of rotatable bonds is 4. The van der Waals surface area contributed by atoms with E-state index in [9.17, 15) is 15.2 Å². The third kappa shape index (κ3) is 3.65. The Morgan fingerprint density at radius 1 is 1.47 bits per heavy atom. The van der Waals surface area contributed by atoms with Crippen LogP contribution < -0.4 is 5.32 Å². The van der Waals surface area contributed by atoms with Crippen molar-refractivity contribution in [3.05, 3.63) is 32.8 Å². The lowest BCUT2D eigenvalue weighted by Crippen LogP contribution is -2.42. The molecule has 0 radical (unpaired) electrons. The Morgan fingerprint density at radius 3 is 2.79 bits per heavy atom. The quantitative estimate of drug-likeness (QED) is 0.653. The van der Waals surface area contributed by atoms with E-state index in [2.05, 4.69) is 21.2 Å². The first kappa shape index (κ1) is 14.2. The van der Waals surface area contributed by atoms with E-state index >= 15 is 0 Å². The van der Waals surface area contributed by atoms with E-state index in [-0.39, 0.29) is 12.2 Å². The average molecular weight is 331 g/mol. The zero-order valence-corrected chi connectivity index (χ0v) is 11.9. The van der Waals surface area contributed by atoms with Gasteiger partial charge in [0, 0.05) is 43.1 Å². The van der Waals surface area contributed by atoms with E-state index in [1.165, 1.54) is 6.07 Å². The number of anilines is 1. The molecule has 0 unspecified atom stereocenters. The number of nitrogens with zero attached hydrogens (tertiary/aromatic N) is 1. The van der Waals surface area contributed by atoms with Gasteiger partial charge in [0.15, 0.2) is 0 Å². The summed E-state index contributed by atoms with van der Waals surface area (Å²) in [5.41, 5.74) is -0.461. The smallest absolute Gasteiger partial charge is 0.293 e. The molecule has 0 atom stereocenters. The largest absolute Gasteiger partial charge is 0.388 e. The number of ether oxygens (including phenoxy) is 1. The predicted molar refractivity (Wildman–Crippen MR) is 74.3 cm³/mol. The maximum atomic E-state index is 11.0. The first-order chi connectivity index (χ1) is 9.00. The summed E-state index contributed by atoms with van der Waals surface area (Å²) in [4.78, 5) is 10.5. The molecule has 1 aromatic carbocycles. The second-order valence-corrected chi connectivity index (χ2v) is 5.52. The Kier molecular flexibility index (Phi) is 4.38. The number of hydrogen-bond donors (Lipinski definition) is 2. The van der Waals surface area contributed by atoms with E-state index in [4.69, 9.17) is 4.74 Å². The molecule has 7 heteroatoms. The Labute approximate surface area is 119 Å². The number of halogens is 1. The molecule has 0 aliphatic carbocycles. The fourth-order valence-electron chi connectivity index (χ4n) is 1.99. The number of nitro groups is 1. The second kappa shape index (κ2) is 5.85. The van der Waals surface area contributed by atoms with Gasteiger partial charge < -0.3 is 15.2 Å². The number of hydrogen-bond acceptors (Lipinski definition) is 5. The Hall–Kier alpha value is -1.18. The molecule has 1 heterocycles. The number of benzene rings is 1. The summed E-state index contributed by atoms with van der Waals surface area (Å²) < 4.78 is 5.84. The molecule has 1 fully saturated rings. The zero-order chi connectivity index (χ0) is 13.9. The van der Waals surface area contributed by atoms with Crippen molar-refractivity contribution in [2.24, 2.45) is 0 Å². The van der Waals surface area contributed by atoms with Crippen molar-refractivity contribution in [1.82, 2.24) is 0 Å². The highest BCUT2D eigenvalue weighted by atomic mass is 79.9. The van der Waals surface area contributed by atoms with Crippen molar-refractivity contribution in [1.29, 1.82) is 0 Å². The van der Waals surface area contributed by atoms with Crippen LogP contribution in [-0.2, 0) is 4.74 Å². The topological polar surface area (TPSA) is 84.6 Å². The molecule has 0 bridgehead atoms. The van der Waals surface area contributed by atoms with Gasteiger partial charge in [0.25, 0.3) is 5.69 Å². The third-order valence-electron chi connectivity index (χ3n) is 3.19. The summed E-state index contributed by atoms with van der Waals surface area (Å²) in [6, 6.07) is 4.80. The lowest BCUT2D eigenvalue weighted by atomic mass is 9.94. The SMILES string of the molecule is O=[N+]([O-])c1cc(Br)ccc1NCC1(O)CCOCC1. The predicted octanol–water partition coefficient (Wildman–Crippen LogP) is 2.31. The molecular weight excluding hydrogens is 316 g/mol. The maximum absolute atomic E-state index is 11.0. The fraction of sp³-hybridized carbons (Fsp3) is 0.500. The molecule has 1 saturated heterocycles. The fourth-order valence-corrected chi connectivity index (χ4v) is 2.34. The molecule has 6 nitrogen and oxygen atoms in total. The van der Waals surface area contributed by atoms with Crippen LogP contribution in [0.3, 0.4) is 0 Å². The van der Waals surface area contributed by atoms with Crippen LogP contribution in [0.25, 0.3) is 0 Å². The zero-order valence-electron chi connectivity index (χ0n) is 10.3. The minimum atomic E-state index is -0.862. The Morgan fingerprint density at radius 2 is 2.16 bits per heavy atom. The van der Waals surface area contributed by atoms with E-state index < -0.39 is 10.5 Å². The van der Waals surface area contributed by atoms with Crippen LogP contribution in [0.1, 0.15) is 12.8 Å². The van der Waals surface area contributed by atoms with Gasteiger partial charge in [-0.05, 0) is 12.1 Å². The third-order valence-corrected chi connectivity index (χ3v) is 3.68. The van der Waals surface area contributed by atoms with Crippen molar-refractivity contribution >= 4 is 27.3 Å². The van der Waals surface area contributed by atoms with Gasteiger partial charge in [-0.15, -0.1) is 0 Å². The van der Waals surface area contributed by atoms with Gasteiger partial charge in [0.2, 0.25) is 0 Å². The van der Waals surface area contributed by atoms with Crippen molar-refractivity contribution in [2.75, 3.05) is 25.1 Å². The molecule has 0 spiro atoms. The monoisotopic (exact) mass is 330 g/mol. The molecule has 104 valence electrons. The van der Waals surface area contributed by atoms with Crippen LogP contribution >= 0.6 is 15.9 Å². The highest BCUT2D eigenvalue weighted by Gasteiger charge is 2.30. The van der Waals surface area contributed by atoms with Crippen molar-refractivity contribution in [3.63, 3.8) is 0 Å². The van der Waals surface area contributed by atoms with E-state index in [0.717, 1.165) is 0 Å². The molecule has 2 rings (SSSR count). The Balaban J connectivity index is 2.08. The molecule has 0 amide bonds. The number of nitrogens with one attached hydrogen (secondary N) is 1. The van der Waals surface area contributed by atoms with Crippen molar-refractivity contribution < 1.29 is 14.8 Å². The maximum Gasteiger partial charge on any atom is 0.293 e. The summed E-state index contributed by atoms with van der Waals surface area (Å²) in [6.45, 7) is 1.31. The van der Waals surface area contributed by atoms with Gasteiger partial charge >= 0.3 is 0 Å². The normalized spacial score (nSPS) is 18.0. The second-order valence-electron chi connectivity index (χ2n) is 4.61. The number of aliphatic hydroxyl groups is 1. The molecular formula is C12H15BrN2O4. The van der Waals surface area contributed by atoms with Gasteiger partial charge in [-0.3, -0.25) is 10.1 Å². The molecule has 1 aliphatic rings. The average Bonchev–Trinajstić information content (AvgIpc) is 2.38. The lowest BCUT2D eigenvalue weighted by Gasteiger charge is -2.32. The van der Waals surface area contributed by atoms with E-state index in [0.29, 0.717) is 36.2 Å². The Bertz CT molecular complexity index is 475. The lowest BCUT2D eigenvalue weighted by molar-refractivity contribution is -0.384. The van der Waals surface area contributed by atoms with Gasteiger partial charge in [0.05, 0.1) is 10.5 Å². The van der Waals surface area contributed by atoms with Gasteiger partial charge in [0.1, 0.15) is 5.69 Å². The molecule has 1 aromatic rings. The minimum absolute atomic E-state index is 0.00923. The summed E-state index contributed by atoms with van der Waals surface area (Å²) in [5.74, 6) is 0. The van der Waals surface area contributed by atoms with Crippen molar-refractivity contribution in [3.8, 4) is 0 Å². The highest BCUT2D eigenvalue weighted by molar-refractivity contribution is 9.10. The summed E-state index contributed by atoms with van der Waals surface area (Å²) >= 11 is 3.20. The van der Waals surface area contributed by atoms with Gasteiger partial charge in [-0.2, -0.15) is 0 Å². The molecule has 0 saturated carbocycles. The first-order valence-corrected chi connectivity index (χ1v) is 6.77. The van der Waals surface area contributed by atoms with Crippen LogP contribution in [-0.4, -0.2) is 35.4 Å². The number of nitro benzene ring substituents is 1. The molecule has 19 heavy (non-hydrogen) atoms. The van der Waals surface area contributed by atoms with Gasteiger partial charge in [-0.1, -0.05) is 15.9 Å². The highest BCUT2D eigenvalue weighted by Crippen LogP contribution is 2.29. The molecule has 2 N–H and O–H groups in total. The summed E-state index contributed by atoms with van der Waals surface area (Å²) in [6.07, 6.45) is 1.06. The standard InChI is InChI=1S/C12H15BrN2O4/c13-9-1-2-10(11(7-9)15(17)18)14-8-12(16)3-5-19-6-4-12/h1-2,7,14,16H,3-6,8H2. The van der Waals surface area contributed by atoms with Crippen LogP contribution in [0.15, 0.2) is 22.7 Å². The van der Waals surface area contributed by atoms with Crippen LogP contribution in [0.4, 0.5) is 11.4 Å². The minimum Gasteiger partial charge on any atom is -0.388 e. The molecule has 1 aliphatic heterocycles.